The van der Waals surface area contributed by atoms with Crippen LogP contribution >= 0.6 is 23.2 Å². The number of pyridine rings is 1. The molecule has 0 aliphatic carbocycles. The maximum atomic E-state index is 12.7. The Morgan fingerprint density at radius 3 is 2.37 bits per heavy atom. The highest BCUT2D eigenvalue weighted by atomic mass is 35.5. The zero-order chi connectivity index (χ0) is 20.2. The molecule has 1 heterocycles. The number of aromatic nitrogens is 1. The van der Waals surface area contributed by atoms with Gasteiger partial charge in [0.05, 0.1) is 5.56 Å². The molecule has 4 nitrogen and oxygen atoms in total. The fourth-order valence-electron chi connectivity index (χ4n) is 2.27. The van der Waals surface area contributed by atoms with Crippen molar-refractivity contribution in [2.75, 3.05) is 6.61 Å². The van der Waals surface area contributed by atoms with E-state index in [1.807, 2.05) is 0 Å². The highest BCUT2D eigenvalue weighted by molar-refractivity contribution is 6.55. The van der Waals surface area contributed by atoms with Gasteiger partial charge in [0.2, 0.25) is 5.88 Å². The smallest absolute Gasteiger partial charge is 0.417 e. The van der Waals surface area contributed by atoms with E-state index in [4.69, 9.17) is 37.9 Å². The van der Waals surface area contributed by atoms with Crippen LogP contribution in [0.25, 0.3) is 0 Å². The summed E-state index contributed by atoms with van der Waals surface area (Å²) in [5.74, 6) is 0.691. The van der Waals surface area contributed by atoms with Gasteiger partial charge in [-0.15, -0.1) is 0 Å². The molecule has 0 aliphatic heterocycles. The third-order valence-electron chi connectivity index (χ3n) is 3.41. The van der Waals surface area contributed by atoms with E-state index < -0.39 is 11.7 Å². The van der Waals surface area contributed by atoms with Crippen molar-refractivity contribution in [1.82, 2.24) is 4.98 Å². The van der Waals surface area contributed by atoms with E-state index in [0.29, 0.717) is 23.8 Å². The highest BCUT2D eigenvalue weighted by Gasteiger charge is 2.32. The molecule has 0 unspecified atom stereocenters. The first-order chi connectivity index (χ1) is 12.6. The van der Waals surface area contributed by atoms with E-state index in [0.717, 1.165) is 11.1 Å². The standard InChI is InChI=1S/C18H13Cl2F3N2O2/c1-10-5-14(6-11(2)16(10)26-4-3-15(19)20)27-17-12(8-24)7-13(9-25-17)18(21,22)23/h3,5-7,9H,4H2,1-2H3. The third kappa shape index (κ3) is 5.52. The van der Waals surface area contributed by atoms with Crippen molar-refractivity contribution in [3.63, 3.8) is 0 Å². The highest BCUT2D eigenvalue weighted by Crippen LogP contribution is 2.34. The summed E-state index contributed by atoms with van der Waals surface area (Å²) < 4.78 is 49.4. The molecule has 27 heavy (non-hydrogen) atoms. The second-order valence-corrected chi connectivity index (χ2v) is 6.49. The predicted octanol–water partition coefficient (Wildman–Crippen LogP) is 6.08. The molecule has 0 saturated heterocycles. The number of ether oxygens (including phenoxy) is 2. The Balaban J connectivity index is 2.28. The number of alkyl halides is 3. The van der Waals surface area contributed by atoms with Gasteiger partial charge >= 0.3 is 6.18 Å². The average Bonchev–Trinajstić information content (AvgIpc) is 2.56. The van der Waals surface area contributed by atoms with Gasteiger partial charge < -0.3 is 9.47 Å². The number of halogens is 5. The van der Waals surface area contributed by atoms with Crippen molar-refractivity contribution in [2.24, 2.45) is 0 Å². The summed E-state index contributed by atoms with van der Waals surface area (Å²) in [6.07, 6.45) is -2.49. The number of nitriles is 1. The van der Waals surface area contributed by atoms with Gasteiger partial charge in [0.15, 0.2) is 0 Å². The van der Waals surface area contributed by atoms with Crippen LogP contribution in [0.1, 0.15) is 22.3 Å². The fraction of sp³-hybridized carbons (Fsp3) is 0.222. The van der Waals surface area contributed by atoms with Crippen LogP contribution in [-0.4, -0.2) is 11.6 Å². The van der Waals surface area contributed by atoms with E-state index >= 15 is 0 Å². The molecule has 1 aromatic carbocycles. The Bertz CT molecular complexity index is 895. The van der Waals surface area contributed by atoms with E-state index in [9.17, 15) is 13.2 Å². The lowest BCUT2D eigenvalue weighted by molar-refractivity contribution is -0.137. The number of hydrogen-bond acceptors (Lipinski definition) is 4. The molecule has 2 rings (SSSR count). The number of nitrogens with zero attached hydrogens (tertiary/aromatic N) is 2. The van der Waals surface area contributed by atoms with Crippen molar-refractivity contribution in [3.8, 4) is 23.4 Å². The van der Waals surface area contributed by atoms with Gasteiger partial charge in [-0.1, -0.05) is 23.2 Å². The van der Waals surface area contributed by atoms with Crippen molar-refractivity contribution in [2.45, 2.75) is 20.0 Å². The SMILES string of the molecule is Cc1cc(Oc2ncc(C(F)(F)F)cc2C#N)cc(C)c1OCC=C(Cl)Cl. The summed E-state index contributed by atoms with van der Waals surface area (Å²) >= 11 is 11.1. The molecule has 0 amide bonds. The number of rotatable bonds is 5. The molecule has 0 N–H and O–H groups in total. The van der Waals surface area contributed by atoms with Crippen LogP contribution in [0.4, 0.5) is 13.2 Å². The minimum atomic E-state index is -4.59. The Morgan fingerprint density at radius 2 is 1.85 bits per heavy atom. The van der Waals surface area contributed by atoms with Gasteiger partial charge in [0.1, 0.15) is 34.2 Å². The van der Waals surface area contributed by atoms with E-state index in [1.165, 1.54) is 6.08 Å². The lowest BCUT2D eigenvalue weighted by atomic mass is 10.1. The van der Waals surface area contributed by atoms with Crippen molar-refractivity contribution in [1.29, 1.82) is 5.26 Å². The molecule has 1 aromatic heterocycles. The van der Waals surface area contributed by atoms with Gasteiger partial charge in [-0.3, -0.25) is 0 Å². The van der Waals surface area contributed by atoms with Crippen LogP contribution < -0.4 is 9.47 Å². The summed E-state index contributed by atoms with van der Waals surface area (Å²) in [6, 6.07) is 5.60. The van der Waals surface area contributed by atoms with E-state index in [-0.39, 0.29) is 22.5 Å². The molecule has 0 bridgehead atoms. The first-order valence-corrected chi connectivity index (χ1v) is 8.27. The molecule has 142 valence electrons. The fourth-order valence-corrected chi connectivity index (χ4v) is 2.39. The Labute approximate surface area is 163 Å². The van der Waals surface area contributed by atoms with Crippen molar-refractivity contribution < 1.29 is 22.6 Å². The van der Waals surface area contributed by atoms with Crippen molar-refractivity contribution in [3.05, 3.63) is 57.2 Å². The largest absolute Gasteiger partial charge is 0.489 e. The van der Waals surface area contributed by atoms with Crippen molar-refractivity contribution >= 4 is 23.2 Å². The van der Waals surface area contributed by atoms with E-state index in [2.05, 4.69) is 4.98 Å². The molecule has 0 atom stereocenters. The van der Waals surface area contributed by atoms with Crippen LogP contribution in [0.5, 0.6) is 17.4 Å². The number of aryl methyl sites for hydroxylation is 2. The minimum Gasteiger partial charge on any atom is -0.489 e. The first-order valence-electron chi connectivity index (χ1n) is 7.52. The maximum Gasteiger partial charge on any atom is 0.417 e. The number of hydrogen-bond donors (Lipinski definition) is 0. The molecule has 0 saturated carbocycles. The summed E-state index contributed by atoms with van der Waals surface area (Å²) in [7, 11) is 0. The monoisotopic (exact) mass is 416 g/mol. The zero-order valence-electron chi connectivity index (χ0n) is 14.2. The summed E-state index contributed by atoms with van der Waals surface area (Å²) in [4.78, 5) is 3.63. The predicted molar refractivity (Wildman–Crippen MR) is 95.2 cm³/mol. The molecule has 0 spiro atoms. The van der Waals surface area contributed by atoms with E-state index in [1.54, 1.807) is 32.0 Å². The van der Waals surface area contributed by atoms with Gasteiger partial charge in [-0.05, 0) is 49.2 Å². The summed E-state index contributed by atoms with van der Waals surface area (Å²) in [5, 5.41) is 9.10. The normalized spacial score (nSPS) is 10.9. The molecule has 9 heteroatoms. The summed E-state index contributed by atoms with van der Waals surface area (Å²) in [6.45, 7) is 3.71. The quantitative estimate of drug-likeness (QED) is 0.592. The second-order valence-electron chi connectivity index (χ2n) is 5.48. The lowest BCUT2D eigenvalue weighted by Gasteiger charge is -2.14. The molecular weight excluding hydrogens is 404 g/mol. The number of benzene rings is 1. The Hall–Kier alpha value is -2.43. The van der Waals surface area contributed by atoms with Crippen LogP contribution in [0.15, 0.2) is 35.0 Å². The zero-order valence-corrected chi connectivity index (χ0v) is 15.7. The Morgan fingerprint density at radius 1 is 1.22 bits per heavy atom. The van der Waals surface area contributed by atoms with Gasteiger partial charge in [-0.25, -0.2) is 4.98 Å². The van der Waals surface area contributed by atoms with Crippen LogP contribution in [0, 0.1) is 25.2 Å². The lowest BCUT2D eigenvalue weighted by Crippen LogP contribution is -2.07. The van der Waals surface area contributed by atoms with Gasteiger partial charge in [0.25, 0.3) is 0 Å². The molecule has 0 fully saturated rings. The second kappa shape index (κ2) is 8.51. The van der Waals surface area contributed by atoms with Crippen LogP contribution in [0.2, 0.25) is 0 Å². The summed E-state index contributed by atoms with van der Waals surface area (Å²) in [5.41, 5.74) is 0.0971. The topological polar surface area (TPSA) is 55.1 Å². The van der Waals surface area contributed by atoms with Gasteiger partial charge in [0, 0.05) is 6.20 Å². The molecular formula is C18H13Cl2F3N2O2. The first kappa shape index (κ1) is 20.9. The molecule has 0 aliphatic rings. The average molecular weight is 417 g/mol. The minimum absolute atomic E-state index is 0.0858. The molecule has 0 radical (unpaired) electrons. The van der Waals surface area contributed by atoms with Crippen LogP contribution in [-0.2, 0) is 6.18 Å². The maximum absolute atomic E-state index is 12.7. The molecule has 2 aromatic rings. The Kier molecular flexibility index (Phi) is 6.58. The third-order valence-corrected chi connectivity index (χ3v) is 3.72. The van der Waals surface area contributed by atoms with Crippen LogP contribution in [0.3, 0.4) is 0 Å². The van der Waals surface area contributed by atoms with Gasteiger partial charge in [-0.2, -0.15) is 18.4 Å².